The molecule has 18 heavy (non-hydrogen) atoms. The van der Waals surface area contributed by atoms with Gasteiger partial charge in [-0.3, -0.25) is 0 Å². The van der Waals surface area contributed by atoms with Crippen LogP contribution in [0.25, 0.3) is 11.0 Å². The number of halogens is 2. The monoisotopic (exact) mass is 282 g/mol. The highest BCUT2D eigenvalue weighted by Gasteiger charge is 2.27. The van der Waals surface area contributed by atoms with Crippen LogP contribution in [0.1, 0.15) is 38.1 Å². The number of aromatic nitrogens is 2. The Bertz CT molecular complexity index is 572. The highest BCUT2D eigenvalue weighted by atomic mass is 35.5. The lowest BCUT2D eigenvalue weighted by atomic mass is 9.80. The topological polar surface area (TPSA) is 17.8 Å². The van der Waals surface area contributed by atoms with Crippen LogP contribution in [-0.4, -0.2) is 9.55 Å². The molecule has 1 aromatic heterocycles. The van der Waals surface area contributed by atoms with Gasteiger partial charge >= 0.3 is 0 Å². The molecule has 1 fully saturated rings. The van der Waals surface area contributed by atoms with E-state index in [1.165, 1.54) is 19.3 Å². The van der Waals surface area contributed by atoms with E-state index in [0.717, 1.165) is 27.8 Å². The molecule has 3 rings (SSSR count). The maximum absolute atomic E-state index is 6.10. The first-order valence-electron chi connectivity index (χ1n) is 6.43. The number of benzene rings is 1. The summed E-state index contributed by atoms with van der Waals surface area (Å²) in [7, 11) is 0. The van der Waals surface area contributed by atoms with Crippen molar-refractivity contribution in [3.8, 4) is 0 Å². The summed E-state index contributed by atoms with van der Waals surface area (Å²) in [5, 5.41) is 0.755. The van der Waals surface area contributed by atoms with Gasteiger partial charge in [0.25, 0.3) is 0 Å². The van der Waals surface area contributed by atoms with E-state index in [4.69, 9.17) is 23.2 Å². The molecule has 96 valence electrons. The molecule has 1 aliphatic carbocycles. The fourth-order valence-electron chi connectivity index (χ4n) is 2.80. The Morgan fingerprint density at radius 3 is 2.83 bits per heavy atom. The van der Waals surface area contributed by atoms with Crippen LogP contribution in [0.5, 0.6) is 0 Å². The first kappa shape index (κ1) is 12.3. The number of imidazole rings is 1. The van der Waals surface area contributed by atoms with E-state index in [9.17, 15) is 0 Å². The van der Waals surface area contributed by atoms with E-state index in [1.54, 1.807) is 0 Å². The quantitative estimate of drug-likeness (QED) is 0.740. The van der Waals surface area contributed by atoms with Gasteiger partial charge in [0.1, 0.15) is 5.82 Å². The van der Waals surface area contributed by atoms with E-state index in [-0.39, 0.29) is 0 Å². The second-order valence-electron chi connectivity index (χ2n) is 5.10. The molecule has 0 aliphatic heterocycles. The second kappa shape index (κ2) is 4.75. The molecule has 0 spiro atoms. The minimum Gasteiger partial charge on any atom is -0.324 e. The summed E-state index contributed by atoms with van der Waals surface area (Å²) in [5.41, 5.74) is 2.10. The van der Waals surface area contributed by atoms with Gasteiger partial charge in [0, 0.05) is 11.1 Å². The van der Waals surface area contributed by atoms with Crippen molar-refractivity contribution in [3.05, 3.63) is 29.0 Å². The maximum atomic E-state index is 6.10. The van der Waals surface area contributed by atoms with Crippen molar-refractivity contribution in [2.45, 2.75) is 38.1 Å². The third kappa shape index (κ3) is 1.92. The molecule has 2 nitrogen and oxygen atoms in total. The van der Waals surface area contributed by atoms with E-state index in [0.29, 0.717) is 11.9 Å². The van der Waals surface area contributed by atoms with Crippen LogP contribution in [0.15, 0.2) is 18.2 Å². The zero-order valence-corrected chi connectivity index (χ0v) is 11.9. The molecular weight excluding hydrogens is 267 g/mol. The molecule has 0 bridgehead atoms. The van der Waals surface area contributed by atoms with Gasteiger partial charge in [-0.2, -0.15) is 0 Å². The third-order valence-electron chi connectivity index (χ3n) is 4.08. The van der Waals surface area contributed by atoms with E-state index >= 15 is 0 Å². The van der Waals surface area contributed by atoms with Crippen LogP contribution in [0.2, 0.25) is 5.02 Å². The van der Waals surface area contributed by atoms with Gasteiger partial charge in [0.05, 0.1) is 16.9 Å². The number of hydrogen-bond donors (Lipinski definition) is 0. The summed E-state index contributed by atoms with van der Waals surface area (Å²) in [6, 6.07) is 6.30. The summed E-state index contributed by atoms with van der Waals surface area (Å²) < 4.78 is 2.28. The Hall–Kier alpha value is -0.730. The Balaban J connectivity index is 2.14. The van der Waals surface area contributed by atoms with Gasteiger partial charge in [-0.05, 0) is 43.9 Å². The normalized spacial score (nSPS) is 17.9. The SMILES string of the molecule is CC(C1CCC1)n1c(CCl)nc2ccc(Cl)cc21. The van der Waals surface area contributed by atoms with Crippen molar-refractivity contribution in [2.24, 2.45) is 5.92 Å². The molecule has 1 saturated carbocycles. The molecule has 0 radical (unpaired) electrons. The first-order valence-corrected chi connectivity index (χ1v) is 7.34. The van der Waals surface area contributed by atoms with Crippen molar-refractivity contribution in [3.63, 3.8) is 0 Å². The Labute approximate surface area is 117 Å². The van der Waals surface area contributed by atoms with Crippen LogP contribution in [-0.2, 0) is 5.88 Å². The number of nitrogens with zero attached hydrogens (tertiary/aromatic N) is 2. The molecule has 0 amide bonds. The zero-order chi connectivity index (χ0) is 12.7. The van der Waals surface area contributed by atoms with Crippen molar-refractivity contribution in [1.29, 1.82) is 0 Å². The van der Waals surface area contributed by atoms with Gasteiger partial charge in [-0.15, -0.1) is 11.6 Å². The van der Waals surface area contributed by atoms with Crippen LogP contribution < -0.4 is 0 Å². The van der Waals surface area contributed by atoms with Gasteiger partial charge in [0.2, 0.25) is 0 Å². The molecule has 1 aromatic carbocycles. The lowest BCUT2D eigenvalue weighted by Gasteiger charge is -2.33. The third-order valence-corrected chi connectivity index (χ3v) is 4.56. The molecule has 2 aromatic rings. The predicted molar refractivity (Wildman–Crippen MR) is 76.4 cm³/mol. The molecule has 1 aliphatic rings. The summed E-state index contributed by atoms with van der Waals surface area (Å²) in [5.74, 6) is 2.15. The minimum absolute atomic E-state index is 0.448. The van der Waals surface area contributed by atoms with Crippen molar-refractivity contribution in [1.82, 2.24) is 9.55 Å². The fraction of sp³-hybridized carbons (Fsp3) is 0.500. The van der Waals surface area contributed by atoms with Gasteiger partial charge in [-0.25, -0.2) is 4.98 Å². The average Bonchev–Trinajstić information content (AvgIpc) is 2.64. The Morgan fingerprint density at radius 1 is 1.44 bits per heavy atom. The maximum Gasteiger partial charge on any atom is 0.125 e. The number of fused-ring (bicyclic) bond motifs is 1. The van der Waals surface area contributed by atoms with E-state index in [2.05, 4.69) is 16.5 Å². The number of hydrogen-bond acceptors (Lipinski definition) is 1. The first-order chi connectivity index (χ1) is 8.70. The highest BCUT2D eigenvalue weighted by Crippen LogP contribution is 2.38. The molecule has 1 heterocycles. The zero-order valence-electron chi connectivity index (χ0n) is 10.4. The summed E-state index contributed by atoms with van der Waals surface area (Å²) >= 11 is 12.1. The largest absolute Gasteiger partial charge is 0.324 e. The smallest absolute Gasteiger partial charge is 0.125 e. The summed E-state index contributed by atoms with van der Waals surface area (Å²) in [4.78, 5) is 4.61. The van der Waals surface area contributed by atoms with Crippen molar-refractivity contribution >= 4 is 34.2 Å². The molecule has 0 saturated heterocycles. The molecule has 4 heteroatoms. The summed E-state index contributed by atoms with van der Waals surface area (Å²) in [6.07, 6.45) is 3.96. The Morgan fingerprint density at radius 2 is 2.22 bits per heavy atom. The second-order valence-corrected chi connectivity index (χ2v) is 5.80. The van der Waals surface area contributed by atoms with Crippen molar-refractivity contribution < 1.29 is 0 Å². The van der Waals surface area contributed by atoms with Gasteiger partial charge in [0.15, 0.2) is 0 Å². The van der Waals surface area contributed by atoms with Gasteiger partial charge in [-0.1, -0.05) is 18.0 Å². The Kier molecular flexibility index (Phi) is 3.25. The van der Waals surface area contributed by atoms with Gasteiger partial charge < -0.3 is 4.57 Å². The number of alkyl halides is 1. The van der Waals surface area contributed by atoms with Crippen LogP contribution in [0.4, 0.5) is 0 Å². The van der Waals surface area contributed by atoms with Crippen LogP contribution in [0.3, 0.4) is 0 Å². The predicted octanol–water partition coefficient (Wildman–Crippen LogP) is 4.79. The average molecular weight is 283 g/mol. The number of rotatable bonds is 3. The van der Waals surface area contributed by atoms with Crippen LogP contribution in [0, 0.1) is 5.92 Å². The molecule has 1 unspecified atom stereocenters. The summed E-state index contributed by atoms with van der Waals surface area (Å²) in [6.45, 7) is 2.27. The molecular formula is C14H16Cl2N2. The lowest BCUT2D eigenvalue weighted by Crippen LogP contribution is -2.24. The molecule has 0 N–H and O–H groups in total. The van der Waals surface area contributed by atoms with Crippen LogP contribution >= 0.6 is 23.2 Å². The van der Waals surface area contributed by atoms with Crippen molar-refractivity contribution in [2.75, 3.05) is 0 Å². The van der Waals surface area contributed by atoms with E-state index in [1.807, 2.05) is 18.2 Å². The minimum atomic E-state index is 0.448. The van der Waals surface area contributed by atoms with E-state index < -0.39 is 0 Å². The fourth-order valence-corrected chi connectivity index (χ4v) is 3.15. The lowest BCUT2D eigenvalue weighted by molar-refractivity contribution is 0.223. The molecule has 1 atom stereocenters. The standard InChI is InChI=1S/C14H16Cl2N2/c1-9(10-3-2-4-10)18-13-7-11(16)5-6-12(13)17-14(18)8-15/h5-7,9-10H,2-4,8H2,1H3. The highest BCUT2D eigenvalue weighted by molar-refractivity contribution is 6.31.